The molecule has 0 spiro atoms. The molecule has 0 fully saturated rings. The molecule has 0 aliphatic carbocycles. The highest BCUT2D eigenvalue weighted by Crippen LogP contribution is 2.38. The smallest absolute Gasteiger partial charge is 0.310 e. The van der Waals surface area contributed by atoms with Gasteiger partial charge in [0.1, 0.15) is 5.60 Å². The van der Waals surface area contributed by atoms with Crippen LogP contribution < -0.4 is 0 Å². The highest BCUT2D eigenvalue weighted by Gasteiger charge is 2.43. The summed E-state index contributed by atoms with van der Waals surface area (Å²) >= 11 is 0. The van der Waals surface area contributed by atoms with Crippen molar-refractivity contribution in [1.29, 1.82) is 0 Å². The van der Waals surface area contributed by atoms with E-state index in [1.54, 1.807) is 12.1 Å². The van der Waals surface area contributed by atoms with E-state index in [1.165, 1.54) is 0 Å². The molecule has 0 heterocycles. The molecule has 0 aliphatic heterocycles. The van der Waals surface area contributed by atoms with E-state index in [1.807, 2.05) is 39.0 Å². The number of hydrogen-bond acceptors (Lipinski definition) is 2. The highest BCUT2D eigenvalue weighted by atomic mass is 16.4. The van der Waals surface area contributed by atoms with Gasteiger partial charge in [-0.25, -0.2) is 0 Å². The van der Waals surface area contributed by atoms with Gasteiger partial charge in [0.2, 0.25) is 0 Å². The van der Waals surface area contributed by atoms with Crippen LogP contribution in [0.15, 0.2) is 30.3 Å². The van der Waals surface area contributed by atoms with Crippen LogP contribution >= 0.6 is 0 Å². The number of carboxylic acid groups (broad SMARTS) is 1. The number of rotatable bonds is 6. The second-order valence-corrected chi connectivity index (χ2v) is 5.10. The minimum Gasteiger partial charge on any atom is -0.481 e. The van der Waals surface area contributed by atoms with Crippen LogP contribution in [0.25, 0.3) is 0 Å². The van der Waals surface area contributed by atoms with Gasteiger partial charge in [0.25, 0.3) is 0 Å². The minimum atomic E-state index is -1.30. The van der Waals surface area contributed by atoms with Gasteiger partial charge >= 0.3 is 5.97 Å². The third kappa shape index (κ3) is 2.91. The summed E-state index contributed by atoms with van der Waals surface area (Å²) in [6.07, 6.45) is 1.19. The Labute approximate surface area is 108 Å². The van der Waals surface area contributed by atoms with Crippen LogP contribution in [-0.4, -0.2) is 16.2 Å². The first-order valence-electron chi connectivity index (χ1n) is 6.44. The molecule has 0 aromatic heterocycles. The zero-order chi connectivity index (χ0) is 13.8. The second-order valence-electron chi connectivity index (χ2n) is 5.10. The molecule has 1 aromatic rings. The van der Waals surface area contributed by atoms with E-state index >= 15 is 0 Å². The molecule has 2 unspecified atom stereocenters. The summed E-state index contributed by atoms with van der Waals surface area (Å²) in [6, 6.07) is 9.12. The molecule has 3 heteroatoms. The van der Waals surface area contributed by atoms with E-state index in [0.717, 1.165) is 6.42 Å². The molecule has 2 atom stereocenters. The maximum absolute atomic E-state index is 11.5. The standard InChI is InChI=1S/C15H22O3/c1-4-10-15(18,12-8-6-5-7-9-12)13(11(2)3)14(16)17/h5-9,11,13,18H,4,10H2,1-3H3,(H,16,17). The van der Waals surface area contributed by atoms with Crippen LogP contribution in [0.3, 0.4) is 0 Å². The fraction of sp³-hybridized carbons (Fsp3) is 0.533. The molecule has 0 amide bonds. The first-order valence-corrected chi connectivity index (χ1v) is 6.44. The lowest BCUT2D eigenvalue weighted by Gasteiger charge is -2.36. The lowest BCUT2D eigenvalue weighted by Crippen LogP contribution is -2.42. The molecule has 1 rings (SSSR count). The van der Waals surface area contributed by atoms with Crippen molar-refractivity contribution in [1.82, 2.24) is 0 Å². The average molecular weight is 250 g/mol. The average Bonchev–Trinajstić information content (AvgIpc) is 2.29. The van der Waals surface area contributed by atoms with E-state index in [0.29, 0.717) is 12.0 Å². The van der Waals surface area contributed by atoms with E-state index in [-0.39, 0.29) is 5.92 Å². The maximum atomic E-state index is 11.5. The Morgan fingerprint density at radius 3 is 2.22 bits per heavy atom. The van der Waals surface area contributed by atoms with Gasteiger partial charge in [-0.2, -0.15) is 0 Å². The van der Waals surface area contributed by atoms with Crippen molar-refractivity contribution in [3.8, 4) is 0 Å². The van der Waals surface area contributed by atoms with Crippen molar-refractivity contribution in [3.05, 3.63) is 35.9 Å². The first kappa shape index (κ1) is 14.7. The summed E-state index contributed by atoms with van der Waals surface area (Å²) in [5.41, 5.74) is -0.608. The molecule has 3 nitrogen and oxygen atoms in total. The fourth-order valence-electron chi connectivity index (χ4n) is 2.63. The van der Waals surface area contributed by atoms with Crippen molar-refractivity contribution >= 4 is 5.97 Å². The molecule has 2 N–H and O–H groups in total. The van der Waals surface area contributed by atoms with Gasteiger partial charge in [-0.3, -0.25) is 4.79 Å². The maximum Gasteiger partial charge on any atom is 0.310 e. The summed E-state index contributed by atoms with van der Waals surface area (Å²) < 4.78 is 0. The van der Waals surface area contributed by atoms with Crippen molar-refractivity contribution in [2.75, 3.05) is 0 Å². The van der Waals surface area contributed by atoms with Gasteiger partial charge in [-0.1, -0.05) is 57.5 Å². The summed E-state index contributed by atoms with van der Waals surface area (Å²) in [5.74, 6) is -1.86. The lowest BCUT2D eigenvalue weighted by atomic mass is 9.73. The quantitative estimate of drug-likeness (QED) is 0.816. The molecule has 0 saturated carbocycles. The third-order valence-electron chi connectivity index (χ3n) is 3.35. The molecule has 0 saturated heterocycles. The molecule has 0 radical (unpaired) electrons. The van der Waals surface area contributed by atoms with E-state index in [4.69, 9.17) is 0 Å². The molecule has 18 heavy (non-hydrogen) atoms. The third-order valence-corrected chi connectivity index (χ3v) is 3.35. The molecular weight excluding hydrogens is 228 g/mol. The van der Waals surface area contributed by atoms with E-state index in [9.17, 15) is 15.0 Å². The normalized spacial score (nSPS) is 16.3. The Bertz CT molecular complexity index is 386. The molecule has 0 bridgehead atoms. The van der Waals surface area contributed by atoms with Crippen molar-refractivity contribution in [2.45, 2.75) is 39.2 Å². The number of benzene rings is 1. The van der Waals surface area contributed by atoms with Gasteiger partial charge in [0.05, 0.1) is 5.92 Å². The topological polar surface area (TPSA) is 57.5 Å². The Morgan fingerprint density at radius 2 is 1.83 bits per heavy atom. The van der Waals surface area contributed by atoms with Gasteiger partial charge < -0.3 is 10.2 Å². The van der Waals surface area contributed by atoms with Crippen molar-refractivity contribution in [3.63, 3.8) is 0 Å². The lowest BCUT2D eigenvalue weighted by molar-refractivity contribution is -0.157. The zero-order valence-corrected chi connectivity index (χ0v) is 11.3. The van der Waals surface area contributed by atoms with Crippen molar-refractivity contribution < 1.29 is 15.0 Å². The minimum absolute atomic E-state index is 0.126. The summed E-state index contributed by atoms with van der Waals surface area (Å²) in [5, 5.41) is 20.3. The second kappa shape index (κ2) is 6.01. The number of aliphatic carboxylic acids is 1. The first-order chi connectivity index (χ1) is 8.43. The van der Waals surface area contributed by atoms with Crippen LogP contribution in [0.1, 0.15) is 39.2 Å². The van der Waals surface area contributed by atoms with Gasteiger partial charge in [-0.15, -0.1) is 0 Å². The van der Waals surface area contributed by atoms with Crippen LogP contribution in [0.5, 0.6) is 0 Å². The van der Waals surface area contributed by atoms with Gasteiger partial charge in [0, 0.05) is 0 Å². The molecular formula is C15H22O3. The number of carbonyl (C=O) groups is 1. The SMILES string of the molecule is CCCC(O)(c1ccccc1)C(C(=O)O)C(C)C. The van der Waals surface area contributed by atoms with Crippen LogP contribution in [0, 0.1) is 11.8 Å². The number of aliphatic hydroxyl groups is 1. The van der Waals surface area contributed by atoms with E-state index in [2.05, 4.69) is 0 Å². The number of carboxylic acids is 1. The Balaban J connectivity index is 3.25. The Kier molecular flexibility index (Phi) is 4.91. The number of hydrogen-bond donors (Lipinski definition) is 2. The van der Waals surface area contributed by atoms with Crippen LogP contribution in [0.2, 0.25) is 0 Å². The van der Waals surface area contributed by atoms with Crippen LogP contribution in [0.4, 0.5) is 0 Å². The highest BCUT2D eigenvalue weighted by molar-refractivity contribution is 5.72. The summed E-state index contributed by atoms with van der Waals surface area (Å²) in [7, 11) is 0. The molecule has 1 aromatic carbocycles. The Morgan fingerprint density at radius 1 is 1.28 bits per heavy atom. The van der Waals surface area contributed by atoms with E-state index < -0.39 is 17.5 Å². The predicted octanol–water partition coefficient (Wildman–Crippen LogP) is 3.03. The largest absolute Gasteiger partial charge is 0.481 e. The monoisotopic (exact) mass is 250 g/mol. The van der Waals surface area contributed by atoms with Gasteiger partial charge in [-0.05, 0) is 17.9 Å². The Hall–Kier alpha value is -1.35. The fourth-order valence-corrected chi connectivity index (χ4v) is 2.63. The molecule has 100 valence electrons. The van der Waals surface area contributed by atoms with Crippen LogP contribution in [-0.2, 0) is 10.4 Å². The van der Waals surface area contributed by atoms with Crippen molar-refractivity contribution in [2.24, 2.45) is 11.8 Å². The summed E-state index contributed by atoms with van der Waals surface area (Å²) in [6.45, 7) is 5.62. The zero-order valence-electron chi connectivity index (χ0n) is 11.3. The summed E-state index contributed by atoms with van der Waals surface area (Å²) in [4.78, 5) is 11.5. The molecule has 0 aliphatic rings. The predicted molar refractivity (Wildman–Crippen MR) is 71.2 cm³/mol. The van der Waals surface area contributed by atoms with Gasteiger partial charge in [0.15, 0.2) is 0 Å².